The van der Waals surface area contributed by atoms with Gasteiger partial charge in [-0.3, -0.25) is 0 Å². The fraction of sp³-hybridized carbons (Fsp3) is 0.190. The third kappa shape index (κ3) is 3.88. The molecule has 0 aliphatic rings. The van der Waals surface area contributed by atoms with Crippen molar-refractivity contribution in [3.05, 3.63) is 64.3 Å². The van der Waals surface area contributed by atoms with E-state index in [0.717, 1.165) is 22.2 Å². The number of aromatic carboxylic acids is 1. The minimum Gasteiger partial charge on any atom is -0.478 e. The normalized spacial score (nSPS) is 12.4. The predicted molar refractivity (Wildman–Crippen MR) is 111 cm³/mol. The van der Waals surface area contributed by atoms with Gasteiger partial charge in [-0.15, -0.1) is 0 Å². The monoisotopic (exact) mass is 375 g/mol. The van der Waals surface area contributed by atoms with Gasteiger partial charge < -0.3 is 10.8 Å². The van der Waals surface area contributed by atoms with Crippen molar-refractivity contribution >= 4 is 34.5 Å². The van der Waals surface area contributed by atoms with Crippen LogP contribution < -0.4 is 5.73 Å². The molecule has 28 heavy (non-hydrogen) atoms. The van der Waals surface area contributed by atoms with Crippen LogP contribution in [0.1, 0.15) is 39.7 Å². The molecule has 7 nitrogen and oxygen atoms in total. The first-order chi connectivity index (χ1) is 13.3. The topological polar surface area (TPSA) is 114 Å². The molecule has 1 aromatic heterocycles. The van der Waals surface area contributed by atoms with Crippen molar-refractivity contribution in [2.24, 2.45) is 15.7 Å². The Morgan fingerprint density at radius 1 is 1.04 bits per heavy atom. The summed E-state index contributed by atoms with van der Waals surface area (Å²) < 4.78 is 0. The third-order valence-electron chi connectivity index (χ3n) is 4.53. The number of nitrogens with two attached hydrogens (primary N) is 1. The first-order valence-electron chi connectivity index (χ1n) is 8.74. The number of aryl methyl sites for hydroxylation is 3. The predicted octanol–water partition coefficient (Wildman–Crippen LogP) is 3.71. The molecule has 3 aromatic rings. The maximum atomic E-state index is 11.4. The molecule has 3 rings (SSSR count). The summed E-state index contributed by atoms with van der Waals surface area (Å²) in [6.07, 6.45) is 0. The van der Waals surface area contributed by atoms with Crippen LogP contribution in [-0.2, 0) is 0 Å². The zero-order valence-electron chi connectivity index (χ0n) is 16.2. The summed E-state index contributed by atoms with van der Waals surface area (Å²) in [5.74, 6) is -0.853. The zero-order valence-corrected chi connectivity index (χ0v) is 16.2. The van der Waals surface area contributed by atoms with E-state index in [9.17, 15) is 9.90 Å². The van der Waals surface area contributed by atoms with Crippen molar-refractivity contribution in [3.63, 3.8) is 0 Å². The molecule has 1 heterocycles. The van der Waals surface area contributed by atoms with E-state index < -0.39 is 5.97 Å². The summed E-state index contributed by atoms with van der Waals surface area (Å²) in [6, 6.07) is 10.6. The lowest BCUT2D eigenvalue weighted by molar-refractivity contribution is 0.0696. The van der Waals surface area contributed by atoms with Crippen LogP contribution in [0, 0.1) is 20.8 Å². The van der Waals surface area contributed by atoms with E-state index in [-0.39, 0.29) is 17.5 Å². The molecule has 0 fully saturated rings. The van der Waals surface area contributed by atoms with Gasteiger partial charge in [0, 0.05) is 16.7 Å². The summed E-state index contributed by atoms with van der Waals surface area (Å²) in [5, 5.41) is 10.3. The largest absolute Gasteiger partial charge is 0.478 e. The number of carboxylic acid groups (broad SMARTS) is 1. The number of hydrogen-bond acceptors (Lipinski definition) is 4. The first-order valence-corrected chi connectivity index (χ1v) is 8.74. The van der Waals surface area contributed by atoms with E-state index in [0.29, 0.717) is 11.3 Å². The van der Waals surface area contributed by atoms with Gasteiger partial charge in [0.25, 0.3) is 5.95 Å². The Labute approximate surface area is 162 Å². The van der Waals surface area contributed by atoms with Gasteiger partial charge in [-0.2, -0.15) is 4.99 Å². The molecule has 0 unspecified atom stereocenters. The van der Waals surface area contributed by atoms with Crippen LogP contribution in [0.4, 0.5) is 5.95 Å². The number of aromatic nitrogens is 2. The smallest absolute Gasteiger partial charge is 0.336 e. The van der Waals surface area contributed by atoms with Crippen LogP contribution >= 0.6 is 0 Å². The number of guanidine groups is 1. The number of rotatable bonds is 3. The van der Waals surface area contributed by atoms with Gasteiger partial charge in [-0.25, -0.2) is 19.8 Å². The fourth-order valence-electron chi connectivity index (χ4n) is 2.92. The standard InChI is InChI=1S/C21H21N5O2/c1-11-9-17-14(4)24-21(25-18(17)10-12(11)2)26-20(22)23-13(3)15-7-5-6-8-16(15)19(27)28/h5-10H,1-4H3,(H,27,28)(H2,22,24,25,26)/b23-13+. The zero-order chi connectivity index (χ0) is 20.4. The number of hydrogen-bond donors (Lipinski definition) is 2. The van der Waals surface area contributed by atoms with Gasteiger partial charge >= 0.3 is 5.97 Å². The van der Waals surface area contributed by atoms with Gasteiger partial charge in [0.05, 0.1) is 16.8 Å². The molecule has 2 aromatic carbocycles. The molecule has 0 bridgehead atoms. The molecule has 0 saturated carbocycles. The lowest BCUT2D eigenvalue weighted by Gasteiger charge is -2.07. The van der Waals surface area contributed by atoms with E-state index in [1.807, 2.05) is 26.8 Å². The molecular weight excluding hydrogens is 354 g/mol. The van der Waals surface area contributed by atoms with Crippen molar-refractivity contribution in [1.29, 1.82) is 0 Å². The van der Waals surface area contributed by atoms with Crippen LogP contribution in [0.5, 0.6) is 0 Å². The Balaban J connectivity index is 2.01. The Kier molecular flexibility index (Phi) is 5.17. The fourth-order valence-corrected chi connectivity index (χ4v) is 2.92. The van der Waals surface area contributed by atoms with E-state index in [4.69, 9.17) is 5.73 Å². The number of fused-ring (bicyclic) bond motifs is 1. The quantitative estimate of drug-likeness (QED) is 0.535. The summed E-state index contributed by atoms with van der Waals surface area (Å²) in [4.78, 5) is 28.7. The van der Waals surface area contributed by atoms with Crippen LogP contribution in [0.15, 0.2) is 46.4 Å². The molecule has 7 heteroatoms. The number of carboxylic acids is 1. The van der Waals surface area contributed by atoms with Crippen LogP contribution in [0.3, 0.4) is 0 Å². The lowest BCUT2D eigenvalue weighted by atomic mass is 10.0. The van der Waals surface area contributed by atoms with Crippen molar-refractivity contribution in [1.82, 2.24) is 9.97 Å². The van der Waals surface area contributed by atoms with E-state index >= 15 is 0 Å². The maximum Gasteiger partial charge on any atom is 0.336 e. The summed E-state index contributed by atoms with van der Waals surface area (Å²) >= 11 is 0. The average molecular weight is 375 g/mol. The minimum atomic E-state index is -1.03. The Bertz CT molecular complexity index is 1150. The second kappa shape index (κ2) is 7.56. The second-order valence-electron chi connectivity index (χ2n) is 6.58. The third-order valence-corrected chi connectivity index (χ3v) is 4.53. The molecule has 0 aliphatic carbocycles. The highest BCUT2D eigenvalue weighted by molar-refractivity contribution is 6.11. The van der Waals surface area contributed by atoms with Crippen LogP contribution in [-0.4, -0.2) is 32.7 Å². The van der Waals surface area contributed by atoms with Gasteiger partial charge in [0.1, 0.15) is 0 Å². The molecule has 0 radical (unpaired) electrons. The first kappa shape index (κ1) is 19.2. The molecule has 0 saturated heterocycles. The highest BCUT2D eigenvalue weighted by Crippen LogP contribution is 2.22. The lowest BCUT2D eigenvalue weighted by Crippen LogP contribution is -2.13. The molecule has 0 spiro atoms. The second-order valence-corrected chi connectivity index (χ2v) is 6.58. The van der Waals surface area contributed by atoms with E-state index in [2.05, 4.69) is 26.0 Å². The van der Waals surface area contributed by atoms with Gasteiger partial charge in [0.2, 0.25) is 5.96 Å². The van der Waals surface area contributed by atoms with Crippen molar-refractivity contribution < 1.29 is 9.90 Å². The maximum absolute atomic E-state index is 11.4. The van der Waals surface area contributed by atoms with Gasteiger partial charge in [-0.05, 0) is 57.0 Å². The average Bonchev–Trinajstić information content (AvgIpc) is 2.63. The summed E-state index contributed by atoms with van der Waals surface area (Å²) in [6.45, 7) is 7.65. The van der Waals surface area contributed by atoms with Crippen molar-refractivity contribution in [3.8, 4) is 0 Å². The van der Waals surface area contributed by atoms with E-state index in [1.54, 1.807) is 25.1 Å². The summed E-state index contributed by atoms with van der Waals surface area (Å²) in [7, 11) is 0. The highest BCUT2D eigenvalue weighted by atomic mass is 16.4. The van der Waals surface area contributed by atoms with Crippen molar-refractivity contribution in [2.75, 3.05) is 0 Å². The van der Waals surface area contributed by atoms with E-state index in [1.165, 1.54) is 11.6 Å². The van der Waals surface area contributed by atoms with Crippen molar-refractivity contribution in [2.45, 2.75) is 27.7 Å². The number of nitrogens with zero attached hydrogens (tertiary/aromatic N) is 4. The molecule has 0 amide bonds. The molecule has 3 N–H and O–H groups in total. The molecular formula is C21H21N5O2. The molecule has 0 atom stereocenters. The highest BCUT2D eigenvalue weighted by Gasteiger charge is 2.12. The Morgan fingerprint density at radius 3 is 2.36 bits per heavy atom. The molecule has 142 valence electrons. The minimum absolute atomic E-state index is 0.0414. The van der Waals surface area contributed by atoms with Crippen LogP contribution in [0.2, 0.25) is 0 Å². The number of aliphatic imine (C=N–C) groups is 2. The Morgan fingerprint density at radius 2 is 1.68 bits per heavy atom. The summed E-state index contributed by atoms with van der Waals surface area (Å²) in [5.41, 5.74) is 10.9. The van der Waals surface area contributed by atoms with Gasteiger partial charge in [0.15, 0.2) is 0 Å². The van der Waals surface area contributed by atoms with Crippen LogP contribution in [0.25, 0.3) is 10.9 Å². The number of carbonyl (C=O) groups is 1. The number of benzene rings is 2. The van der Waals surface area contributed by atoms with Gasteiger partial charge in [-0.1, -0.05) is 18.2 Å². The molecule has 0 aliphatic heterocycles. The Hall–Kier alpha value is -3.61. The SMILES string of the molecule is C/C(=N\C(N)=N\c1nc(C)c2cc(C)c(C)cc2n1)c1ccccc1C(=O)O.